The molecule has 0 radical (unpaired) electrons. The first-order valence-corrected chi connectivity index (χ1v) is 9.44. The molecule has 2 aromatic heterocycles. The van der Waals surface area contributed by atoms with Crippen LogP contribution in [0, 0.1) is 0 Å². The van der Waals surface area contributed by atoms with Gasteiger partial charge in [0.05, 0.1) is 22.6 Å². The van der Waals surface area contributed by atoms with E-state index in [9.17, 15) is 4.79 Å². The zero-order valence-electron chi connectivity index (χ0n) is 15.5. The molecule has 1 atom stereocenters. The van der Waals surface area contributed by atoms with Crippen molar-refractivity contribution in [3.8, 4) is 0 Å². The fourth-order valence-corrected chi connectivity index (χ4v) is 3.66. The summed E-state index contributed by atoms with van der Waals surface area (Å²) in [6.45, 7) is 0. The molecule has 5 rings (SSSR count). The van der Waals surface area contributed by atoms with Crippen LogP contribution in [0.1, 0.15) is 23.0 Å². The van der Waals surface area contributed by atoms with Gasteiger partial charge in [0, 0.05) is 17.2 Å². The summed E-state index contributed by atoms with van der Waals surface area (Å²) in [6, 6.07) is 26.9. The number of hydrogen-bond acceptors (Lipinski definition) is 3. The van der Waals surface area contributed by atoms with Gasteiger partial charge in [0.15, 0.2) is 0 Å². The van der Waals surface area contributed by atoms with E-state index >= 15 is 0 Å². The molecule has 4 aromatic rings. The van der Waals surface area contributed by atoms with E-state index in [1.165, 1.54) is 0 Å². The van der Waals surface area contributed by atoms with Crippen molar-refractivity contribution in [2.24, 2.45) is 0 Å². The van der Waals surface area contributed by atoms with Gasteiger partial charge in [0.1, 0.15) is 6.04 Å². The van der Waals surface area contributed by atoms with Crippen LogP contribution in [-0.4, -0.2) is 16.0 Å². The smallest absolute Gasteiger partial charge is 0.320 e. The molecule has 5 heteroatoms. The van der Waals surface area contributed by atoms with Gasteiger partial charge in [-0.1, -0.05) is 60.7 Å². The van der Waals surface area contributed by atoms with Crippen LogP contribution in [0.3, 0.4) is 0 Å². The monoisotopic (exact) mass is 378 g/mol. The molecular formula is C24H18N4O. The lowest BCUT2D eigenvalue weighted by Crippen LogP contribution is -2.43. The predicted molar refractivity (Wildman–Crippen MR) is 114 cm³/mol. The van der Waals surface area contributed by atoms with Crippen LogP contribution in [0.15, 0.2) is 91.1 Å². The maximum atomic E-state index is 12.5. The molecule has 140 valence electrons. The lowest BCUT2D eigenvalue weighted by Gasteiger charge is -2.30. The van der Waals surface area contributed by atoms with E-state index in [2.05, 4.69) is 21.7 Å². The summed E-state index contributed by atoms with van der Waals surface area (Å²) in [5, 5.41) is 7.08. The number of aromatic nitrogens is 2. The molecule has 1 unspecified atom stereocenters. The zero-order chi connectivity index (χ0) is 19.6. The summed E-state index contributed by atoms with van der Waals surface area (Å²) in [6.07, 6.45) is 1.73. The number of fused-ring (bicyclic) bond motifs is 1. The van der Waals surface area contributed by atoms with Gasteiger partial charge in [0.2, 0.25) is 0 Å². The summed E-state index contributed by atoms with van der Waals surface area (Å²) in [5.41, 5.74) is 5.02. The van der Waals surface area contributed by atoms with E-state index in [1.54, 1.807) is 6.20 Å². The minimum atomic E-state index is -0.409. The number of urea groups is 1. The minimum absolute atomic E-state index is 0.260. The normalized spacial score (nSPS) is 16.4. The molecule has 2 aromatic carbocycles. The molecule has 1 aliphatic rings. The van der Waals surface area contributed by atoms with E-state index in [4.69, 9.17) is 4.98 Å². The Morgan fingerprint density at radius 1 is 0.793 bits per heavy atom. The average Bonchev–Trinajstić information content (AvgIpc) is 2.79. The number of carbonyl (C=O) groups excluding carboxylic acids is 1. The standard InChI is InChI=1S/C24H18N4O/c29-24-27-22(17-9-2-1-3-10-17)21(23(28-24)20-12-6-7-15-25-20)19-14-13-16-8-4-5-11-18(16)26-19/h1-15,23H,(H2,27,28,29). The molecule has 0 fully saturated rings. The van der Waals surface area contributed by atoms with Gasteiger partial charge in [-0.2, -0.15) is 0 Å². The highest BCUT2D eigenvalue weighted by Gasteiger charge is 2.31. The lowest BCUT2D eigenvalue weighted by atomic mass is 9.92. The second kappa shape index (κ2) is 7.20. The predicted octanol–water partition coefficient (Wildman–Crippen LogP) is 4.55. The highest BCUT2D eigenvalue weighted by atomic mass is 16.2. The average molecular weight is 378 g/mol. The van der Waals surface area contributed by atoms with E-state index < -0.39 is 6.04 Å². The van der Waals surface area contributed by atoms with Crippen molar-refractivity contribution >= 4 is 28.2 Å². The van der Waals surface area contributed by atoms with Gasteiger partial charge >= 0.3 is 6.03 Å². The van der Waals surface area contributed by atoms with Crippen molar-refractivity contribution in [3.63, 3.8) is 0 Å². The van der Waals surface area contributed by atoms with Gasteiger partial charge in [-0.05, 0) is 29.8 Å². The van der Waals surface area contributed by atoms with E-state index in [1.807, 2.05) is 78.9 Å². The largest absolute Gasteiger partial charge is 0.325 e. The summed E-state index contributed by atoms with van der Waals surface area (Å²) in [7, 11) is 0. The fraction of sp³-hybridized carbons (Fsp3) is 0.0417. The SMILES string of the molecule is O=C1NC(c2ccccc2)=C(c2ccc3ccccc3n2)C(c2ccccn2)N1. The highest BCUT2D eigenvalue weighted by molar-refractivity contribution is 6.02. The van der Waals surface area contributed by atoms with Gasteiger partial charge in [0.25, 0.3) is 0 Å². The van der Waals surface area contributed by atoms with Crippen LogP contribution in [0.5, 0.6) is 0 Å². The molecule has 0 saturated carbocycles. The summed E-state index contributed by atoms with van der Waals surface area (Å²) >= 11 is 0. The van der Waals surface area contributed by atoms with Crippen molar-refractivity contribution in [1.82, 2.24) is 20.6 Å². The second-order valence-corrected chi connectivity index (χ2v) is 6.83. The zero-order valence-corrected chi connectivity index (χ0v) is 15.5. The number of nitrogens with zero attached hydrogens (tertiary/aromatic N) is 2. The third-order valence-electron chi connectivity index (χ3n) is 4.99. The first-order chi connectivity index (χ1) is 14.3. The molecule has 0 bridgehead atoms. The Morgan fingerprint density at radius 3 is 2.41 bits per heavy atom. The Balaban J connectivity index is 1.78. The molecule has 0 saturated heterocycles. The molecule has 3 heterocycles. The van der Waals surface area contributed by atoms with Gasteiger partial charge in [-0.15, -0.1) is 0 Å². The van der Waals surface area contributed by atoms with Crippen molar-refractivity contribution in [3.05, 3.63) is 108 Å². The number of benzene rings is 2. The van der Waals surface area contributed by atoms with Crippen LogP contribution in [0.2, 0.25) is 0 Å². The quantitative estimate of drug-likeness (QED) is 0.549. The molecule has 2 amide bonds. The fourth-order valence-electron chi connectivity index (χ4n) is 3.66. The summed E-state index contributed by atoms with van der Waals surface area (Å²) in [4.78, 5) is 21.9. The highest BCUT2D eigenvalue weighted by Crippen LogP contribution is 2.36. The van der Waals surface area contributed by atoms with E-state index in [0.29, 0.717) is 0 Å². The Labute approximate surface area is 168 Å². The number of carbonyl (C=O) groups is 1. The van der Waals surface area contributed by atoms with E-state index in [0.717, 1.165) is 39.1 Å². The molecule has 29 heavy (non-hydrogen) atoms. The second-order valence-electron chi connectivity index (χ2n) is 6.83. The molecule has 2 N–H and O–H groups in total. The van der Waals surface area contributed by atoms with Crippen LogP contribution >= 0.6 is 0 Å². The number of para-hydroxylation sites is 1. The maximum Gasteiger partial charge on any atom is 0.320 e. The molecule has 5 nitrogen and oxygen atoms in total. The number of rotatable bonds is 3. The van der Waals surface area contributed by atoms with Crippen LogP contribution < -0.4 is 10.6 Å². The third kappa shape index (κ3) is 3.23. The van der Waals surface area contributed by atoms with Crippen molar-refractivity contribution in [2.45, 2.75) is 6.04 Å². The molecule has 0 aliphatic carbocycles. The summed E-state index contributed by atoms with van der Waals surface area (Å²) in [5.74, 6) is 0. The van der Waals surface area contributed by atoms with Crippen LogP contribution in [0.25, 0.3) is 22.2 Å². The Morgan fingerprint density at radius 2 is 1.59 bits per heavy atom. The number of nitrogens with one attached hydrogen (secondary N) is 2. The number of hydrogen-bond donors (Lipinski definition) is 2. The Hall–Kier alpha value is -3.99. The van der Waals surface area contributed by atoms with E-state index in [-0.39, 0.29) is 6.03 Å². The Kier molecular flexibility index (Phi) is 4.26. The minimum Gasteiger partial charge on any atom is -0.325 e. The number of pyridine rings is 2. The van der Waals surface area contributed by atoms with Gasteiger partial charge < -0.3 is 10.6 Å². The van der Waals surface area contributed by atoms with Crippen LogP contribution in [-0.2, 0) is 0 Å². The topological polar surface area (TPSA) is 66.9 Å². The van der Waals surface area contributed by atoms with Crippen molar-refractivity contribution in [1.29, 1.82) is 0 Å². The molecular weight excluding hydrogens is 360 g/mol. The van der Waals surface area contributed by atoms with Crippen molar-refractivity contribution < 1.29 is 4.79 Å². The first kappa shape index (κ1) is 17.1. The Bertz CT molecular complexity index is 1220. The summed E-state index contributed by atoms with van der Waals surface area (Å²) < 4.78 is 0. The molecule has 0 spiro atoms. The third-order valence-corrected chi connectivity index (χ3v) is 4.99. The lowest BCUT2D eigenvalue weighted by molar-refractivity contribution is 0.242. The van der Waals surface area contributed by atoms with Crippen molar-refractivity contribution in [2.75, 3.05) is 0 Å². The first-order valence-electron chi connectivity index (χ1n) is 9.44. The van der Waals surface area contributed by atoms with Gasteiger partial charge in [-0.25, -0.2) is 9.78 Å². The van der Waals surface area contributed by atoms with Crippen LogP contribution in [0.4, 0.5) is 4.79 Å². The number of amides is 2. The molecule has 1 aliphatic heterocycles. The van der Waals surface area contributed by atoms with Gasteiger partial charge in [-0.3, -0.25) is 4.98 Å². The maximum absolute atomic E-state index is 12.5.